The fraction of sp³-hybridized carbons (Fsp3) is 0.400. The first-order valence-electron chi connectivity index (χ1n) is 11.3. The van der Waals surface area contributed by atoms with E-state index in [-0.39, 0.29) is 10.7 Å². The third kappa shape index (κ3) is 5.11. The number of benzene rings is 2. The van der Waals surface area contributed by atoms with Gasteiger partial charge in [-0.25, -0.2) is 17.8 Å². The van der Waals surface area contributed by atoms with E-state index >= 15 is 0 Å². The summed E-state index contributed by atoms with van der Waals surface area (Å²) in [5.74, 6) is 3.23. The van der Waals surface area contributed by atoms with Crippen molar-refractivity contribution in [1.82, 2.24) is 18.8 Å². The number of fused-ring (bicyclic) bond motifs is 1. The summed E-state index contributed by atoms with van der Waals surface area (Å²) in [6.07, 6.45) is 8.46. The zero-order valence-electron chi connectivity index (χ0n) is 18.9. The van der Waals surface area contributed by atoms with Gasteiger partial charge in [-0.2, -0.15) is 4.31 Å². The predicted molar refractivity (Wildman–Crippen MR) is 127 cm³/mol. The number of nitrogens with zero attached hydrogens (tertiary/aromatic N) is 4. The quantitative estimate of drug-likeness (QED) is 0.469. The van der Waals surface area contributed by atoms with E-state index in [1.165, 1.54) is 12.1 Å². The first-order chi connectivity index (χ1) is 15.9. The van der Waals surface area contributed by atoms with Gasteiger partial charge in [-0.1, -0.05) is 24.5 Å². The van der Waals surface area contributed by atoms with Crippen molar-refractivity contribution < 1.29 is 12.8 Å². The van der Waals surface area contributed by atoms with Crippen LogP contribution in [0.4, 0.5) is 4.39 Å². The van der Waals surface area contributed by atoms with Crippen LogP contribution in [0.5, 0.6) is 0 Å². The van der Waals surface area contributed by atoms with E-state index in [9.17, 15) is 12.8 Å². The molecule has 6 nitrogen and oxygen atoms in total. The number of hydrogen-bond donors (Lipinski definition) is 0. The van der Waals surface area contributed by atoms with E-state index in [1.807, 2.05) is 13.0 Å². The van der Waals surface area contributed by atoms with Crippen molar-refractivity contribution >= 4 is 21.1 Å². The molecule has 174 valence electrons. The van der Waals surface area contributed by atoms with Gasteiger partial charge in [0.2, 0.25) is 10.0 Å². The third-order valence-corrected chi connectivity index (χ3v) is 7.96. The molecule has 0 bridgehead atoms. The molecule has 2 aromatic carbocycles. The van der Waals surface area contributed by atoms with Gasteiger partial charge in [0.15, 0.2) is 0 Å². The Balaban J connectivity index is 1.63. The van der Waals surface area contributed by atoms with Gasteiger partial charge in [-0.15, -0.1) is 6.42 Å². The Kier molecular flexibility index (Phi) is 7.13. The molecule has 1 aliphatic rings. The number of sulfonamides is 1. The van der Waals surface area contributed by atoms with Gasteiger partial charge in [-0.05, 0) is 55.7 Å². The van der Waals surface area contributed by atoms with E-state index in [0.29, 0.717) is 44.8 Å². The number of hydrogen-bond acceptors (Lipinski definition) is 4. The smallest absolute Gasteiger partial charge is 0.243 e. The third-order valence-electron chi connectivity index (χ3n) is 6.07. The minimum atomic E-state index is -3.52. The lowest BCUT2D eigenvalue weighted by Crippen LogP contribution is -2.35. The Morgan fingerprint density at radius 3 is 2.48 bits per heavy atom. The molecule has 1 saturated heterocycles. The molecule has 0 radical (unpaired) electrons. The standard InChI is InChI=1S/C25H29FN4O2S/c1-3-14-28(18-20-8-10-21(26)11-9-20)19-25-27-23-17-22(12-13-24(23)30(25)4-2)33(31,32)29-15-6-5-7-16-29/h1,8-13,17H,4-7,14-16,18-19H2,2H3. The van der Waals surface area contributed by atoms with Crippen molar-refractivity contribution in [3.8, 4) is 12.3 Å². The van der Waals surface area contributed by atoms with Crippen molar-refractivity contribution in [3.05, 3.63) is 59.7 Å². The summed E-state index contributed by atoms with van der Waals surface area (Å²) in [5, 5.41) is 0. The fourth-order valence-corrected chi connectivity index (χ4v) is 5.93. The maximum atomic E-state index is 13.3. The van der Waals surface area contributed by atoms with Crippen molar-refractivity contribution in [2.75, 3.05) is 19.6 Å². The number of terminal acetylenes is 1. The Morgan fingerprint density at radius 1 is 1.09 bits per heavy atom. The van der Waals surface area contributed by atoms with Crippen LogP contribution in [0.1, 0.15) is 37.6 Å². The SMILES string of the molecule is C#CCN(Cc1ccc(F)cc1)Cc1nc2cc(S(=O)(=O)N3CCCCC3)ccc2n1CC. The van der Waals surface area contributed by atoms with Crippen LogP contribution in [-0.2, 0) is 29.7 Å². The van der Waals surface area contributed by atoms with E-state index in [1.54, 1.807) is 28.6 Å². The van der Waals surface area contributed by atoms with Gasteiger partial charge in [0, 0.05) is 26.2 Å². The van der Waals surface area contributed by atoms with Gasteiger partial charge < -0.3 is 4.57 Å². The minimum absolute atomic E-state index is 0.273. The highest BCUT2D eigenvalue weighted by Crippen LogP contribution is 2.25. The van der Waals surface area contributed by atoms with Gasteiger partial charge in [0.05, 0.1) is 29.0 Å². The van der Waals surface area contributed by atoms with E-state index in [0.717, 1.165) is 36.2 Å². The summed E-state index contributed by atoms with van der Waals surface area (Å²) in [4.78, 5) is 7.14. The molecule has 0 N–H and O–H groups in total. The van der Waals surface area contributed by atoms with Crippen LogP contribution in [-0.4, -0.2) is 46.8 Å². The van der Waals surface area contributed by atoms with Crippen molar-refractivity contribution in [3.63, 3.8) is 0 Å². The highest BCUT2D eigenvalue weighted by atomic mass is 32.2. The molecule has 2 heterocycles. The zero-order chi connectivity index (χ0) is 23.4. The van der Waals surface area contributed by atoms with E-state index < -0.39 is 10.0 Å². The first-order valence-corrected chi connectivity index (χ1v) is 12.8. The van der Waals surface area contributed by atoms with Crippen molar-refractivity contribution in [1.29, 1.82) is 0 Å². The second-order valence-electron chi connectivity index (χ2n) is 8.36. The molecule has 0 aliphatic carbocycles. The fourth-order valence-electron chi connectivity index (χ4n) is 4.39. The molecule has 0 unspecified atom stereocenters. The van der Waals surface area contributed by atoms with Gasteiger partial charge in [0.1, 0.15) is 11.6 Å². The van der Waals surface area contributed by atoms with Crippen LogP contribution in [0.2, 0.25) is 0 Å². The van der Waals surface area contributed by atoms with Gasteiger partial charge >= 0.3 is 0 Å². The molecule has 1 aliphatic heterocycles. The van der Waals surface area contributed by atoms with Gasteiger partial charge in [0.25, 0.3) is 0 Å². The lowest BCUT2D eigenvalue weighted by atomic mass is 10.2. The van der Waals surface area contributed by atoms with Gasteiger partial charge in [-0.3, -0.25) is 4.90 Å². The number of aromatic nitrogens is 2. The Morgan fingerprint density at radius 2 is 1.82 bits per heavy atom. The van der Waals surface area contributed by atoms with Crippen molar-refractivity contribution in [2.24, 2.45) is 0 Å². The van der Waals surface area contributed by atoms with Crippen LogP contribution >= 0.6 is 0 Å². The monoisotopic (exact) mass is 468 g/mol. The molecule has 0 saturated carbocycles. The summed E-state index contributed by atoms with van der Waals surface area (Å²) in [6, 6.07) is 11.6. The second-order valence-corrected chi connectivity index (χ2v) is 10.3. The van der Waals surface area contributed by atoms with E-state index in [2.05, 4.69) is 15.4 Å². The molecular formula is C25H29FN4O2S. The highest BCUT2D eigenvalue weighted by molar-refractivity contribution is 7.89. The molecule has 8 heteroatoms. The normalized spacial score (nSPS) is 15.2. The molecule has 1 fully saturated rings. The van der Waals surface area contributed by atoms with Crippen molar-refractivity contribution in [2.45, 2.75) is 50.7 Å². The highest BCUT2D eigenvalue weighted by Gasteiger charge is 2.26. The summed E-state index contributed by atoms with van der Waals surface area (Å²) in [6.45, 7) is 5.35. The molecular weight excluding hydrogens is 439 g/mol. The zero-order valence-corrected chi connectivity index (χ0v) is 19.7. The Labute approximate surface area is 195 Å². The predicted octanol–water partition coefficient (Wildman–Crippen LogP) is 4.01. The number of halogens is 1. The summed E-state index contributed by atoms with van der Waals surface area (Å²) < 4.78 is 43.2. The van der Waals surface area contributed by atoms with Crippen LogP contribution in [0.15, 0.2) is 47.4 Å². The first kappa shape index (κ1) is 23.4. The number of aryl methyl sites for hydroxylation is 1. The molecule has 0 spiro atoms. The summed E-state index contributed by atoms with van der Waals surface area (Å²) >= 11 is 0. The van der Waals surface area contributed by atoms with Crippen LogP contribution in [0, 0.1) is 18.2 Å². The summed E-state index contributed by atoms with van der Waals surface area (Å²) in [7, 11) is -3.52. The Bertz CT molecular complexity index is 1260. The molecule has 0 amide bonds. The average molecular weight is 469 g/mol. The minimum Gasteiger partial charge on any atom is -0.327 e. The maximum absolute atomic E-state index is 13.3. The largest absolute Gasteiger partial charge is 0.327 e. The molecule has 1 aromatic heterocycles. The lowest BCUT2D eigenvalue weighted by molar-refractivity contribution is 0.279. The van der Waals surface area contributed by atoms with Crippen LogP contribution in [0.3, 0.4) is 0 Å². The van der Waals surface area contributed by atoms with Crippen LogP contribution < -0.4 is 0 Å². The average Bonchev–Trinajstić information content (AvgIpc) is 3.17. The molecule has 4 rings (SSSR count). The summed E-state index contributed by atoms with van der Waals surface area (Å²) in [5.41, 5.74) is 2.51. The second kappa shape index (κ2) is 10.0. The Hall–Kier alpha value is -2.73. The molecule has 33 heavy (non-hydrogen) atoms. The number of rotatable bonds is 8. The van der Waals surface area contributed by atoms with E-state index in [4.69, 9.17) is 11.4 Å². The molecule has 0 atom stereocenters. The number of imidazole rings is 1. The molecule has 3 aromatic rings. The maximum Gasteiger partial charge on any atom is 0.243 e. The number of piperidine rings is 1. The topological polar surface area (TPSA) is 58.4 Å². The van der Waals surface area contributed by atoms with Crippen LogP contribution in [0.25, 0.3) is 11.0 Å². The lowest BCUT2D eigenvalue weighted by Gasteiger charge is -2.25.